The second-order valence-corrected chi connectivity index (χ2v) is 8.74. The highest BCUT2D eigenvalue weighted by Gasteiger charge is 2.31. The fraction of sp³-hybridized carbons (Fsp3) is 0.545. The zero-order valence-corrected chi connectivity index (χ0v) is 16.8. The molecule has 1 aliphatic heterocycles. The van der Waals surface area contributed by atoms with Crippen LogP contribution in [0.25, 0.3) is 21.9 Å². The molecule has 2 aromatic heterocycles. The van der Waals surface area contributed by atoms with Crippen LogP contribution in [0, 0.1) is 0 Å². The Kier molecular flexibility index (Phi) is 4.76. The van der Waals surface area contributed by atoms with Crippen LogP contribution in [0.5, 0.6) is 0 Å². The smallest absolute Gasteiger partial charge is 0.113 e. The molecule has 3 aromatic rings. The first-order valence-electron chi connectivity index (χ1n) is 10.3. The molecule has 28 heavy (non-hydrogen) atoms. The van der Waals surface area contributed by atoms with E-state index < -0.39 is 6.17 Å². The van der Waals surface area contributed by atoms with E-state index in [2.05, 4.69) is 16.5 Å². The molecule has 1 saturated carbocycles. The molecule has 4 nitrogen and oxygen atoms in total. The molecular weight excluding hydrogens is 377 g/mol. The van der Waals surface area contributed by atoms with Crippen molar-refractivity contribution in [3.8, 4) is 0 Å². The van der Waals surface area contributed by atoms with E-state index in [1.54, 1.807) is 0 Å². The van der Waals surface area contributed by atoms with Gasteiger partial charge in [0.05, 0.1) is 23.3 Å². The molecule has 2 fully saturated rings. The summed E-state index contributed by atoms with van der Waals surface area (Å²) in [6.07, 6.45) is 6.32. The van der Waals surface area contributed by atoms with E-state index in [-0.39, 0.29) is 6.10 Å². The lowest BCUT2D eigenvalue weighted by Gasteiger charge is -2.32. The minimum absolute atomic E-state index is 0.224. The van der Waals surface area contributed by atoms with E-state index >= 15 is 0 Å². The van der Waals surface area contributed by atoms with Crippen molar-refractivity contribution in [1.29, 1.82) is 0 Å². The number of hydrogen-bond acceptors (Lipinski definition) is 3. The van der Waals surface area contributed by atoms with Crippen LogP contribution in [0.4, 0.5) is 4.39 Å². The van der Waals surface area contributed by atoms with Crippen molar-refractivity contribution in [2.45, 2.75) is 69.7 Å². The highest BCUT2D eigenvalue weighted by atomic mass is 35.5. The zero-order valence-electron chi connectivity index (χ0n) is 16.1. The second-order valence-electron chi connectivity index (χ2n) is 8.30. The number of alkyl halides is 1. The van der Waals surface area contributed by atoms with Crippen molar-refractivity contribution in [2.24, 2.45) is 0 Å². The summed E-state index contributed by atoms with van der Waals surface area (Å²) < 4.78 is 22.0. The van der Waals surface area contributed by atoms with Gasteiger partial charge in [0.15, 0.2) is 0 Å². The van der Waals surface area contributed by atoms with Crippen LogP contribution in [0.1, 0.15) is 63.2 Å². The number of halogens is 2. The van der Waals surface area contributed by atoms with Gasteiger partial charge in [0.2, 0.25) is 0 Å². The number of rotatable bonds is 2. The Morgan fingerprint density at radius 3 is 2.75 bits per heavy atom. The van der Waals surface area contributed by atoms with E-state index in [4.69, 9.17) is 21.3 Å². The molecule has 1 saturated heterocycles. The minimum atomic E-state index is -0.668. The van der Waals surface area contributed by atoms with Gasteiger partial charge in [-0.05, 0) is 63.6 Å². The Balaban J connectivity index is 1.73. The lowest BCUT2D eigenvalue weighted by Crippen LogP contribution is -2.28. The van der Waals surface area contributed by atoms with Crippen LogP contribution in [-0.2, 0) is 4.74 Å². The van der Waals surface area contributed by atoms with Gasteiger partial charge >= 0.3 is 0 Å². The molecule has 6 heteroatoms. The van der Waals surface area contributed by atoms with Crippen LogP contribution < -0.4 is 0 Å². The fourth-order valence-corrected chi connectivity index (χ4v) is 5.12. The first kappa shape index (κ1) is 18.3. The second kappa shape index (κ2) is 7.27. The summed E-state index contributed by atoms with van der Waals surface area (Å²) in [5.74, 6) is 1.39. The van der Waals surface area contributed by atoms with Crippen molar-refractivity contribution < 1.29 is 9.13 Å². The molecular formula is C22H25ClFN3O. The molecule has 1 aromatic carbocycles. The van der Waals surface area contributed by atoms with Crippen LogP contribution in [0.3, 0.4) is 0 Å². The number of imidazole rings is 1. The normalized spacial score (nSPS) is 28.8. The van der Waals surface area contributed by atoms with Gasteiger partial charge in [-0.3, -0.25) is 4.98 Å². The molecule has 2 atom stereocenters. The van der Waals surface area contributed by atoms with Crippen molar-refractivity contribution in [3.05, 3.63) is 35.2 Å². The van der Waals surface area contributed by atoms with Gasteiger partial charge in [0.1, 0.15) is 17.5 Å². The number of benzene rings is 1. The van der Waals surface area contributed by atoms with E-state index in [1.807, 2.05) is 24.4 Å². The molecule has 1 aliphatic carbocycles. The number of aromatic nitrogens is 3. The molecule has 0 N–H and O–H groups in total. The molecule has 0 radical (unpaired) electrons. The molecule has 5 rings (SSSR count). The summed E-state index contributed by atoms with van der Waals surface area (Å²) in [6, 6.07) is 6.17. The minimum Gasteiger partial charge on any atom is -0.378 e. The van der Waals surface area contributed by atoms with Gasteiger partial charge < -0.3 is 9.30 Å². The van der Waals surface area contributed by atoms with Gasteiger partial charge in [-0.1, -0.05) is 11.6 Å². The lowest BCUT2D eigenvalue weighted by molar-refractivity contribution is 0.00591. The Morgan fingerprint density at radius 1 is 1.14 bits per heavy atom. The average Bonchev–Trinajstić information content (AvgIpc) is 3.08. The number of hydrogen-bond donors (Lipinski definition) is 0. The van der Waals surface area contributed by atoms with Gasteiger partial charge in [-0.15, -0.1) is 0 Å². The molecule has 2 aliphatic rings. The third-order valence-electron chi connectivity index (χ3n) is 6.35. The number of ether oxygens (including phenoxy) is 1. The summed E-state index contributed by atoms with van der Waals surface area (Å²) in [5.41, 5.74) is 2.95. The first-order valence-corrected chi connectivity index (χ1v) is 10.7. The number of nitrogens with zero attached hydrogens (tertiary/aromatic N) is 3. The summed E-state index contributed by atoms with van der Waals surface area (Å²) in [6.45, 7) is 2.89. The summed E-state index contributed by atoms with van der Waals surface area (Å²) in [4.78, 5) is 9.64. The standard InChI is InChI=1S/C22H25ClFN3O/c1-13-10-17(8-9-28-13)27-21-18-11-15(23)4-7-19(18)25-12-20(21)26-22(27)14-2-5-16(24)6-3-14/h4,7,11-14,16-17H,2-3,5-6,8-10H2,1H3/t13-,14?,16?,17-/m1/s1. The highest BCUT2D eigenvalue weighted by molar-refractivity contribution is 6.31. The molecule has 148 valence electrons. The number of fused-ring (bicyclic) bond motifs is 3. The predicted octanol–water partition coefficient (Wildman–Crippen LogP) is 5.97. The van der Waals surface area contributed by atoms with E-state index in [0.717, 1.165) is 60.1 Å². The van der Waals surface area contributed by atoms with Gasteiger partial charge in [-0.2, -0.15) is 0 Å². The quantitative estimate of drug-likeness (QED) is 0.530. The largest absolute Gasteiger partial charge is 0.378 e. The molecule has 0 spiro atoms. The monoisotopic (exact) mass is 401 g/mol. The van der Waals surface area contributed by atoms with Crippen molar-refractivity contribution in [1.82, 2.24) is 14.5 Å². The highest BCUT2D eigenvalue weighted by Crippen LogP contribution is 2.40. The molecule has 0 unspecified atom stereocenters. The van der Waals surface area contributed by atoms with E-state index in [0.29, 0.717) is 29.8 Å². The zero-order chi connectivity index (χ0) is 19.3. The maximum atomic E-state index is 13.8. The van der Waals surface area contributed by atoms with E-state index in [9.17, 15) is 4.39 Å². The van der Waals surface area contributed by atoms with Crippen LogP contribution in [0.15, 0.2) is 24.4 Å². The summed E-state index contributed by atoms with van der Waals surface area (Å²) in [7, 11) is 0. The maximum Gasteiger partial charge on any atom is 0.113 e. The van der Waals surface area contributed by atoms with Crippen LogP contribution in [0.2, 0.25) is 5.02 Å². The SMILES string of the molecule is C[C@@H]1C[C@H](n2c(C3CCC(F)CC3)nc3cnc4ccc(Cl)cc4c32)CCO1. The van der Waals surface area contributed by atoms with Crippen LogP contribution >= 0.6 is 11.6 Å². The summed E-state index contributed by atoms with van der Waals surface area (Å²) >= 11 is 6.33. The van der Waals surface area contributed by atoms with Crippen LogP contribution in [-0.4, -0.2) is 33.4 Å². The molecule has 3 heterocycles. The topological polar surface area (TPSA) is 39.9 Å². The predicted molar refractivity (Wildman–Crippen MR) is 110 cm³/mol. The maximum absolute atomic E-state index is 13.8. The third-order valence-corrected chi connectivity index (χ3v) is 6.58. The third kappa shape index (κ3) is 3.18. The van der Waals surface area contributed by atoms with Crippen molar-refractivity contribution in [3.63, 3.8) is 0 Å². The molecule has 0 amide bonds. The van der Waals surface area contributed by atoms with Crippen molar-refractivity contribution >= 4 is 33.5 Å². The average molecular weight is 402 g/mol. The van der Waals surface area contributed by atoms with Gasteiger partial charge in [0, 0.05) is 29.0 Å². The Labute approximate surface area is 169 Å². The Hall–Kier alpha value is -1.72. The molecule has 0 bridgehead atoms. The number of pyridine rings is 1. The summed E-state index contributed by atoms with van der Waals surface area (Å²) in [5, 5.41) is 1.75. The Bertz CT molecular complexity index is 1010. The van der Waals surface area contributed by atoms with Gasteiger partial charge in [-0.25, -0.2) is 9.37 Å². The van der Waals surface area contributed by atoms with Gasteiger partial charge in [0.25, 0.3) is 0 Å². The lowest BCUT2D eigenvalue weighted by atomic mass is 9.87. The van der Waals surface area contributed by atoms with Crippen molar-refractivity contribution in [2.75, 3.05) is 6.61 Å². The Morgan fingerprint density at radius 2 is 1.96 bits per heavy atom. The van der Waals surface area contributed by atoms with E-state index in [1.165, 1.54) is 0 Å². The first-order chi connectivity index (χ1) is 13.6. The fourth-order valence-electron chi connectivity index (χ4n) is 4.94.